The van der Waals surface area contributed by atoms with Crippen molar-refractivity contribution >= 4 is 11.6 Å². The molecule has 1 aromatic heterocycles. The monoisotopic (exact) mass is 264 g/mol. The first-order valence-electron chi connectivity index (χ1n) is 5.32. The predicted molar refractivity (Wildman–Crippen MR) is 66.4 cm³/mol. The van der Waals surface area contributed by atoms with Gasteiger partial charge in [-0.05, 0) is 30.3 Å². The molecule has 1 aromatic carbocycles. The van der Waals surface area contributed by atoms with Crippen molar-refractivity contribution in [3.05, 3.63) is 46.9 Å². The molecule has 1 N–H and O–H groups in total. The van der Waals surface area contributed by atoms with E-state index in [1.165, 1.54) is 12.1 Å². The zero-order valence-corrected chi connectivity index (χ0v) is 10.2. The summed E-state index contributed by atoms with van der Waals surface area (Å²) in [6.45, 7) is 0.737. The first kappa shape index (κ1) is 12.6. The van der Waals surface area contributed by atoms with Crippen molar-refractivity contribution in [1.82, 2.24) is 5.32 Å². The summed E-state index contributed by atoms with van der Waals surface area (Å²) in [5, 5.41) is 11.3. The summed E-state index contributed by atoms with van der Waals surface area (Å²) in [6.07, 6.45) is 0. The van der Waals surface area contributed by atoms with E-state index in [-0.39, 0.29) is 11.6 Å². The van der Waals surface area contributed by atoms with Gasteiger partial charge in [0.2, 0.25) is 0 Å². The van der Waals surface area contributed by atoms with Gasteiger partial charge < -0.3 is 4.42 Å². The van der Waals surface area contributed by atoms with Crippen LogP contribution >= 0.6 is 11.6 Å². The number of halogens is 2. The highest BCUT2D eigenvalue weighted by molar-refractivity contribution is 6.31. The first-order chi connectivity index (χ1) is 8.70. The van der Waals surface area contributed by atoms with Crippen LogP contribution in [-0.2, 0) is 6.54 Å². The van der Waals surface area contributed by atoms with Crippen LogP contribution in [0.1, 0.15) is 5.76 Å². The molecule has 0 spiro atoms. The quantitative estimate of drug-likeness (QED) is 0.680. The molecule has 0 aliphatic heterocycles. The number of nitrogens with one attached hydrogen (secondary N) is 1. The van der Waals surface area contributed by atoms with Gasteiger partial charge in [0.25, 0.3) is 0 Å². The topological polar surface area (TPSA) is 49.0 Å². The van der Waals surface area contributed by atoms with E-state index in [0.29, 0.717) is 23.6 Å². The Labute approximate surface area is 109 Å². The first-order valence-corrected chi connectivity index (χ1v) is 5.70. The minimum absolute atomic E-state index is 0.0630. The Kier molecular flexibility index (Phi) is 3.98. The highest BCUT2D eigenvalue weighted by atomic mass is 35.5. The molecule has 0 unspecified atom stereocenters. The normalized spacial score (nSPS) is 10.3. The van der Waals surface area contributed by atoms with E-state index in [1.807, 2.05) is 6.07 Å². The summed E-state index contributed by atoms with van der Waals surface area (Å²) in [4.78, 5) is 0. The van der Waals surface area contributed by atoms with E-state index in [0.717, 1.165) is 0 Å². The van der Waals surface area contributed by atoms with Gasteiger partial charge in [-0.2, -0.15) is 5.26 Å². The van der Waals surface area contributed by atoms with Crippen molar-refractivity contribution in [2.45, 2.75) is 6.54 Å². The molecule has 0 amide bonds. The third-order valence-corrected chi connectivity index (χ3v) is 2.66. The van der Waals surface area contributed by atoms with E-state index < -0.39 is 5.82 Å². The number of nitriles is 1. The SMILES string of the molecule is N#CCNCc1ccc(-c2ccc(F)c(Cl)c2)o1. The minimum atomic E-state index is -0.456. The number of furan rings is 1. The average Bonchev–Trinajstić information content (AvgIpc) is 2.82. The minimum Gasteiger partial charge on any atom is -0.460 e. The summed E-state index contributed by atoms with van der Waals surface area (Å²) in [6, 6.07) is 9.98. The maximum atomic E-state index is 13.0. The van der Waals surface area contributed by atoms with Crippen LogP contribution in [0.15, 0.2) is 34.7 Å². The summed E-state index contributed by atoms with van der Waals surface area (Å²) in [5.41, 5.74) is 0.716. The molecule has 18 heavy (non-hydrogen) atoms. The van der Waals surface area contributed by atoms with Crippen LogP contribution in [0.25, 0.3) is 11.3 Å². The van der Waals surface area contributed by atoms with Gasteiger partial charge >= 0.3 is 0 Å². The Hall–Kier alpha value is -1.83. The Morgan fingerprint density at radius 2 is 2.17 bits per heavy atom. The van der Waals surface area contributed by atoms with E-state index in [2.05, 4.69) is 5.32 Å². The van der Waals surface area contributed by atoms with Crippen molar-refractivity contribution in [1.29, 1.82) is 5.26 Å². The molecule has 0 atom stereocenters. The molecular weight excluding hydrogens is 255 g/mol. The molecule has 92 valence electrons. The van der Waals surface area contributed by atoms with Crippen molar-refractivity contribution in [3.63, 3.8) is 0 Å². The maximum absolute atomic E-state index is 13.0. The summed E-state index contributed by atoms with van der Waals surface area (Å²) in [7, 11) is 0. The Balaban J connectivity index is 2.14. The Morgan fingerprint density at radius 3 is 2.89 bits per heavy atom. The lowest BCUT2D eigenvalue weighted by Gasteiger charge is -2.00. The van der Waals surface area contributed by atoms with Crippen LogP contribution in [0.4, 0.5) is 4.39 Å². The fourth-order valence-electron chi connectivity index (χ4n) is 1.52. The lowest BCUT2D eigenvalue weighted by Crippen LogP contribution is -2.12. The molecule has 5 heteroatoms. The smallest absolute Gasteiger partial charge is 0.141 e. The molecule has 0 radical (unpaired) electrons. The fraction of sp³-hybridized carbons (Fsp3) is 0.154. The molecule has 0 aliphatic rings. The fourth-order valence-corrected chi connectivity index (χ4v) is 1.70. The standard InChI is InChI=1S/C13H10ClFN2O/c14-11-7-9(1-3-12(11)15)13-4-2-10(18-13)8-17-6-5-16/h1-4,7,17H,6,8H2. The van der Waals surface area contributed by atoms with Crippen LogP contribution in [0.2, 0.25) is 5.02 Å². The van der Waals surface area contributed by atoms with Gasteiger partial charge in [0.1, 0.15) is 17.3 Å². The van der Waals surface area contributed by atoms with Crippen molar-refractivity contribution < 1.29 is 8.81 Å². The molecule has 0 saturated carbocycles. The second-order valence-electron chi connectivity index (χ2n) is 3.66. The van der Waals surface area contributed by atoms with Crippen LogP contribution in [0.3, 0.4) is 0 Å². The van der Waals surface area contributed by atoms with Crippen LogP contribution < -0.4 is 5.32 Å². The van der Waals surface area contributed by atoms with E-state index in [9.17, 15) is 4.39 Å². The van der Waals surface area contributed by atoms with Gasteiger partial charge in [-0.15, -0.1) is 0 Å². The number of benzene rings is 1. The molecule has 2 aromatic rings. The molecule has 0 aliphatic carbocycles. The molecule has 0 fully saturated rings. The Bertz CT molecular complexity index is 589. The largest absolute Gasteiger partial charge is 0.460 e. The number of hydrogen-bond acceptors (Lipinski definition) is 3. The van der Waals surface area contributed by atoms with E-state index in [4.69, 9.17) is 21.3 Å². The third kappa shape index (κ3) is 2.89. The summed E-state index contributed by atoms with van der Waals surface area (Å²) in [5.74, 6) is 0.870. The highest BCUT2D eigenvalue weighted by Gasteiger charge is 2.07. The molecule has 0 saturated heterocycles. The molecule has 0 bridgehead atoms. The molecular formula is C13H10ClFN2O. The summed E-state index contributed by atoms with van der Waals surface area (Å²) >= 11 is 5.71. The maximum Gasteiger partial charge on any atom is 0.141 e. The zero-order chi connectivity index (χ0) is 13.0. The second kappa shape index (κ2) is 5.67. The van der Waals surface area contributed by atoms with Gasteiger partial charge in [0, 0.05) is 5.56 Å². The van der Waals surface area contributed by atoms with E-state index in [1.54, 1.807) is 18.2 Å². The van der Waals surface area contributed by atoms with Crippen molar-refractivity contribution in [2.75, 3.05) is 6.54 Å². The van der Waals surface area contributed by atoms with E-state index >= 15 is 0 Å². The summed E-state index contributed by atoms with van der Waals surface area (Å²) < 4.78 is 18.6. The molecule has 2 rings (SSSR count). The number of nitrogens with zero attached hydrogens (tertiary/aromatic N) is 1. The van der Waals surface area contributed by atoms with Gasteiger partial charge in [-0.1, -0.05) is 11.6 Å². The zero-order valence-electron chi connectivity index (χ0n) is 9.41. The lowest BCUT2D eigenvalue weighted by atomic mass is 10.2. The van der Waals surface area contributed by atoms with Gasteiger partial charge in [0.05, 0.1) is 24.2 Å². The number of rotatable bonds is 4. The van der Waals surface area contributed by atoms with Gasteiger partial charge in [0.15, 0.2) is 0 Å². The van der Waals surface area contributed by atoms with Crippen LogP contribution in [-0.4, -0.2) is 6.54 Å². The predicted octanol–water partition coefficient (Wildman–Crippen LogP) is 3.35. The molecule has 1 heterocycles. The van der Waals surface area contributed by atoms with Gasteiger partial charge in [-0.25, -0.2) is 4.39 Å². The highest BCUT2D eigenvalue weighted by Crippen LogP contribution is 2.26. The van der Waals surface area contributed by atoms with Crippen LogP contribution in [0.5, 0.6) is 0 Å². The van der Waals surface area contributed by atoms with Crippen molar-refractivity contribution in [3.8, 4) is 17.4 Å². The molecule has 3 nitrogen and oxygen atoms in total. The average molecular weight is 265 g/mol. The van der Waals surface area contributed by atoms with Crippen LogP contribution in [0, 0.1) is 17.1 Å². The Morgan fingerprint density at radius 1 is 1.33 bits per heavy atom. The second-order valence-corrected chi connectivity index (χ2v) is 4.06. The third-order valence-electron chi connectivity index (χ3n) is 2.37. The number of hydrogen-bond donors (Lipinski definition) is 1. The van der Waals surface area contributed by atoms with Gasteiger partial charge in [-0.3, -0.25) is 5.32 Å². The lowest BCUT2D eigenvalue weighted by molar-refractivity contribution is 0.502. The van der Waals surface area contributed by atoms with Crippen molar-refractivity contribution in [2.24, 2.45) is 0 Å².